The van der Waals surface area contributed by atoms with E-state index in [9.17, 15) is 18.0 Å². The van der Waals surface area contributed by atoms with Crippen molar-refractivity contribution >= 4 is 43.2 Å². The highest BCUT2D eigenvalue weighted by atomic mass is 32.2. The fraction of sp³-hybridized carbons (Fsp3) is 0.240. The van der Waals surface area contributed by atoms with Crippen molar-refractivity contribution in [2.45, 2.75) is 31.2 Å². The number of carbonyl (C=O) groups is 1. The zero-order chi connectivity index (χ0) is 25.3. The Hall–Kier alpha value is -3.34. The normalized spacial score (nSPS) is 11.9. The number of aromatic nitrogens is 2. The van der Waals surface area contributed by atoms with Gasteiger partial charge in [-0.3, -0.25) is 14.2 Å². The molecule has 0 aliphatic rings. The first-order chi connectivity index (χ1) is 16.6. The van der Waals surface area contributed by atoms with Crippen LogP contribution < -0.4 is 10.9 Å². The maximum Gasteiger partial charge on any atom is 0.263 e. The Kier molecular flexibility index (Phi) is 6.88. The van der Waals surface area contributed by atoms with E-state index in [2.05, 4.69) is 36.3 Å². The number of nitrogens with zero attached hydrogens (tertiary/aromatic N) is 3. The third-order valence-electron chi connectivity index (χ3n) is 5.68. The first-order valence-electron chi connectivity index (χ1n) is 11.0. The van der Waals surface area contributed by atoms with E-state index in [1.165, 1.54) is 66.2 Å². The van der Waals surface area contributed by atoms with Crippen LogP contribution >= 0.6 is 11.3 Å². The summed E-state index contributed by atoms with van der Waals surface area (Å²) >= 11 is 1.39. The van der Waals surface area contributed by atoms with E-state index in [-0.39, 0.29) is 17.0 Å². The van der Waals surface area contributed by atoms with E-state index in [0.29, 0.717) is 21.8 Å². The molecule has 0 aliphatic heterocycles. The molecule has 8 nitrogen and oxygen atoms in total. The molecule has 4 rings (SSSR count). The van der Waals surface area contributed by atoms with E-state index in [4.69, 9.17) is 0 Å². The van der Waals surface area contributed by atoms with Gasteiger partial charge < -0.3 is 5.32 Å². The molecular weight excluding hydrogens is 484 g/mol. The number of fused-ring (bicyclic) bond motifs is 1. The van der Waals surface area contributed by atoms with Crippen molar-refractivity contribution in [1.82, 2.24) is 13.9 Å². The number of hydrogen-bond donors (Lipinski definition) is 1. The van der Waals surface area contributed by atoms with Gasteiger partial charge in [-0.2, -0.15) is 0 Å². The molecule has 2 aromatic carbocycles. The van der Waals surface area contributed by atoms with Gasteiger partial charge in [0.05, 0.1) is 16.6 Å². The molecule has 0 saturated carbocycles. The molecule has 1 N–H and O–H groups in total. The fourth-order valence-electron chi connectivity index (χ4n) is 3.62. The Bertz CT molecular complexity index is 1540. The lowest BCUT2D eigenvalue weighted by Crippen LogP contribution is -2.27. The van der Waals surface area contributed by atoms with Gasteiger partial charge in [0.25, 0.3) is 5.56 Å². The second-order valence-electron chi connectivity index (χ2n) is 8.64. The molecule has 0 radical (unpaired) electrons. The minimum absolute atomic E-state index is 0.123. The van der Waals surface area contributed by atoms with Crippen molar-refractivity contribution in [3.8, 4) is 11.1 Å². The van der Waals surface area contributed by atoms with Crippen molar-refractivity contribution in [1.29, 1.82) is 0 Å². The molecule has 10 heteroatoms. The van der Waals surface area contributed by atoms with Crippen LogP contribution in [0.25, 0.3) is 21.3 Å². The smallest absolute Gasteiger partial charge is 0.263 e. The molecule has 4 aromatic rings. The number of carbonyl (C=O) groups excluding carboxylic acids is 1. The van der Waals surface area contributed by atoms with Gasteiger partial charge >= 0.3 is 0 Å². The van der Waals surface area contributed by atoms with Crippen molar-refractivity contribution in [2.75, 3.05) is 19.4 Å². The highest BCUT2D eigenvalue weighted by Gasteiger charge is 2.18. The van der Waals surface area contributed by atoms with Crippen molar-refractivity contribution in [3.63, 3.8) is 0 Å². The van der Waals surface area contributed by atoms with Crippen LogP contribution in [0.1, 0.15) is 25.3 Å². The Morgan fingerprint density at radius 2 is 1.74 bits per heavy atom. The molecule has 2 aromatic heterocycles. The maximum absolute atomic E-state index is 13.2. The van der Waals surface area contributed by atoms with Crippen LogP contribution in [0, 0.1) is 0 Å². The fourth-order valence-corrected chi connectivity index (χ4v) is 5.42. The third kappa shape index (κ3) is 5.04. The summed E-state index contributed by atoms with van der Waals surface area (Å²) < 4.78 is 26.8. The summed E-state index contributed by atoms with van der Waals surface area (Å²) in [5.74, 6) is -0.0104. The quantitative estimate of drug-likeness (QED) is 0.403. The molecule has 1 amide bonds. The predicted molar refractivity (Wildman–Crippen MR) is 139 cm³/mol. The molecular formula is C25H26N4O4S2. The minimum Gasteiger partial charge on any atom is -0.325 e. The predicted octanol–water partition coefficient (Wildman–Crippen LogP) is 4.14. The maximum atomic E-state index is 13.2. The van der Waals surface area contributed by atoms with Gasteiger partial charge in [0.1, 0.15) is 11.4 Å². The summed E-state index contributed by atoms with van der Waals surface area (Å²) in [7, 11) is -0.654. The van der Waals surface area contributed by atoms with E-state index in [1.54, 1.807) is 0 Å². The highest BCUT2D eigenvalue weighted by Crippen LogP contribution is 2.31. The van der Waals surface area contributed by atoms with Crippen LogP contribution in [0.3, 0.4) is 0 Å². The highest BCUT2D eigenvalue weighted by molar-refractivity contribution is 7.89. The number of thiophene rings is 1. The molecule has 35 heavy (non-hydrogen) atoms. The third-order valence-corrected chi connectivity index (χ3v) is 8.40. The van der Waals surface area contributed by atoms with E-state index >= 15 is 0 Å². The van der Waals surface area contributed by atoms with E-state index in [1.807, 2.05) is 17.5 Å². The molecule has 0 saturated heterocycles. The lowest BCUT2D eigenvalue weighted by atomic mass is 9.99. The number of anilines is 1. The summed E-state index contributed by atoms with van der Waals surface area (Å²) in [5.41, 5.74) is 3.07. The number of amides is 1. The monoisotopic (exact) mass is 510 g/mol. The standard InChI is InChI=1S/C25H26N4O4S2/c1-16(2)17-5-7-18(8-6-17)21-14-34-24-23(21)25(31)29(15-26-24)13-22(30)27-19-9-11-20(12-10-19)35(32,33)28(3)4/h5-12,14-16H,13H2,1-4H3,(H,27,30). The zero-order valence-corrected chi connectivity index (χ0v) is 21.5. The second-order valence-corrected chi connectivity index (χ2v) is 11.7. The SMILES string of the molecule is CC(C)c1ccc(-c2csc3ncn(CC(=O)Nc4ccc(S(=O)(=O)N(C)C)cc4)c(=O)c23)cc1. The number of hydrogen-bond acceptors (Lipinski definition) is 6. The summed E-state index contributed by atoms with van der Waals surface area (Å²) in [6.07, 6.45) is 1.37. The van der Waals surface area contributed by atoms with Crippen LogP contribution in [-0.4, -0.2) is 42.3 Å². The molecule has 2 heterocycles. The van der Waals surface area contributed by atoms with Gasteiger partial charge in [0.2, 0.25) is 15.9 Å². The summed E-state index contributed by atoms with van der Waals surface area (Å²) in [4.78, 5) is 31.0. The van der Waals surface area contributed by atoms with Crippen LogP contribution in [0.5, 0.6) is 0 Å². The van der Waals surface area contributed by atoms with Crippen LogP contribution in [0.4, 0.5) is 5.69 Å². The first kappa shape index (κ1) is 24.8. The summed E-state index contributed by atoms with van der Waals surface area (Å²) in [6, 6.07) is 14.0. The van der Waals surface area contributed by atoms with Gasteiger partial charge in [-0.05, 0) is 41.3 Å². The molecule has 0 bridgehead atoms. The van der Waals surface area contributed by atoms with Gasteiger partial charge in [0.15, 0.2) is 0 Å². The molecule has 0 fully saturated rings. The largest absolute Gasteiger partial charge is 0.325 e. The number of sulfonamides is 1. The van der Waals surface area contributed by atoms with Crippen molar-refractivity contribution < 1.29 is 13.2 Å². The second kappa shape index (κ2) is 9.73. The van der Waals surface area contributed by atoms with Crippen LogP contribution in [0.2, 0.25) is 0 Å². The molecule has 0 aliphatic carbocycles. The lowest BCUT2D eigenvalue weighted by Gasteiger charge is -2.12. The Balaban J connectivity index is 1.56. The van der Waals surface area contributed by atoms with Gasteiger partial charge in [-0.15, -0.1) is 11.3 Å². The summed E-state index contributed by atoms with van der Waals surface area (Å²) in [5, 5.41) is 5.10. The number of benzene rings is 2. The average molecular weight is 511 g/mol. The Morgan fingerprint density at radius 3 is 2.34 bits per heavy atom. The van der Waals surface area contributed by atoms with Crippen LogP contribution in [0.15, 0.2) is 69.9 Å². The zero-order valence-electron chi connectivity index (χ0n) is 19.8. The summed E-state index contributed by atoms with van der Waals surface area (Å²) in [6.45, 7) is 4.03. The molecule has 0 spiro atoms. The molecule has 0 atom stereocenters. The van der Waals surface area contributed by atoms with Gasteiger partial charge in [-0.25, -0.2) is 17.7 Å². The van der Waals surface area contributed by atoms with Gasteiger partial charge in [0, 0.05) is 30.7 Å². The Labute approximate surface area is 207 Å². The van der Waals surface area contributed by atoms with E-state index < -0.39 is 15.9 Å². The van der Waals surface area contributed by atoms with E-state index in [0.717, 1.165) is 15.4 Å². The lowest BCUT2D eigenvalue weighted by molar-refractivity contribution is -0.116. The molecule has 182 valence electrons. The Morgan fingerprint density at radius 1 is 1.09 bits per heavy atom. The number of nitrogens with one attached hydrogen (secondary N) is 1. The first-order valence-corrected chi connectivity index (χ1v) is 13.3. The minimum atomic E-state index is -3.56. The van der Waals surface area contributed by atoms with Gasteiger partial charge in [-0.1, -0.05) is 38.1 Å². The van der Waals surface area contributed by atoms with Crippen molar-refractivity contribution in [3.05, 3.63) is 76.2 Å². The average Bonchev–Trinajstić information content (AvgIpc) is 3.26. The molecule has 0 unspecified atom stereocenters. The van der Waals surface area contributed by atoms with Crippen molar-refractivity contribution in [2.24, 2.45) is 0 Å². The topological polar surface area (TPSA) is 101 Å². The van der Waals surface area contributed by atoms with Crippen LogP contribution in [-0.2, 0) is 21.4 Å². The number of rotatable bonds is 7.